The van der Waals surface area contributed by atoms with Crippen molar-refractivity contribution in [1.82, 2.24) is 0 Å². The molecule has 3 rings (SSSR count). The Bertz CT molecular complexity index is 1010. The van der Waals surface area contributed by atoms with Gasteiger partial charge in [0.15, 0.2) is 6.29 Å². The van der Waals surface area contributed by atoms with Gasteiger partial charge in [-0.3, -0.25) is 4.79 Å². The van der Waals surface area contributed by atoms with Gasteiger partial charge in [-0.15, -0.1) is 0 Å². The average Bonchev–Trinajstić information content (AvgIpc) is 2.98. The van der Waals surface area contributed by atoms with Gasteiger partial charge in [0.25, 0.3) is 0 Å². The third kappa shape index (κ3) is 12.7. The van der Waals surface area contributed by atoms with Gasteiger partial charge in [-0.1, -0.05) is 115 Å². The summed E-state index contributed by atoms with van der Waals surface area (Å²) in [7, 11) is 0. The molecule has 1 heterocycles. The molecule has 1 N–H and O–H groups in total. The van der Waals surface area contributed by atoms with Crippen LogP contribution in [0.25, 0.3) is 0 Å². The fourth-order valence-electron chi connectivity index (χ4n) is 5.42. The second kappa shape index (κ2) is 18.9. The van der Waals surface area contributed by atoms with Crippen molar-refractivity contribution in [3.8, 4) is 11.5 Å². The van der Waals surface area contributed by atoms with Gasteiger partial charge in [0.05, 0.1) is 19.8 Å². The lowest BCUT2D eigenvalue weighted by molar-refractivity contribution is -0.229. The topological polar surface area (TPSA) is 74.2 Å². The lowest BCUT2D eigenvalue weighted by atomic mass is 9.80. The van der Waals surface area contributed by atoms with E-state index in [-0.39, 0.29) is 29.5 Å². The Kier molecular flexibility index (Phi) is 15.2. The number of rotatable bonds is 20. The van der Waals surface area contributed by atoms with Crippen molar-refractivity contribution in [2.45, 2.75) is 128 Å². The summed E-state index contributed by atoms with van der Waals surface area (Å²) in [5.41, 5.74) is 2.15. The summed E-state index contributed by atoms with van der Waals surface area (Å²) < 4.78 is 23.0. The summed E-state index contributed by atoms with van der Waals surface area (Å²) >= 11 is 0. The van der Waals surface area contributed by atoms with Crippen molar-refractivity contribution in [2.24, 2.45) is 0 Å². The molecular formula is C36H54O6. The zero-order valence-electron chi connectivity index (χ0n) is 26.3. The van der Waals surface area contributed by atoms with Crippen LogP contribution in [0.3, 0.4) is 0 Å². The van der Waals surface area contributed by atoms with Crippen molar-refractivity contribution in [1.29, 1.82) is 0 Å². The molecule has 0 amide bonds. The van der Waals surface area contributed by atoms with E-state index < -0.39 is 0 Å². The number of aromatic hydroxyl groups is 1. The molecule has 1 aliphatic heterocycles. The maximum atomic E-state index is 12.2. The van der Waals surface area contributed by atoms with Gasteiger partial charge in [-0.05, 0) is 42.4 Å². The van der Waals surface area contributed by atoms with Crippen LogP contribution in [0.5, 0.6) is 11.5 Å². The zero-order chi connectivity index (χ0) is 30.0. The monoisotopic (exact) mass is 582 g/mol. The van der Waals surface area contributed by atoms with Crippen LogP contribution in [-0.4, -0.2) is 37.0 Å². The number of phenolic OH excluding ortho intramolecular Hbond substituents is 1. The first kappa shape index (κ1) is 33.9. The van der Waals surface area contributed by atoms with Gasteiger partial charge in [0.2, 0.25) is 0 Å². The van der Waals surface area contributed by atoms with Crippen LogP contribution in [0.1, 0.15) is 128 Å². The summed E-state index contributed by atoms with van der Waals surface area (Å²) in [5, 5.41) is 10.3. The number of esters is 1. The van der Waals surface area contributed by atoms with E-state index >= 15 is 0 Å². The molecule has 6 heteroatoms. The number of hydrogen-bond donors (Lipinski definition) is 1. The van der Waals surface area contributed by atoms with E-state index in [1.165, 1.54) is 44.9 Å². The van der Waals surface area contributed by atoms with Crippen LogP contribution >= 0.6 is 0 Å². The Morgan fingerprint density at radius 2 is 1.50 bits per heavy atom. The van der Waals surface area contributed by atoms with Gasteiger partial charge in [0, 0.05) is 18.1 Å². The maximum Gasteiger partial charge on any atom is 0.306 e. The fourth-order valence-corrected chi connectivity index (χ4v) is 5.42. The highest BCUT2D eigenvalue weighted by Gasteiger charge is 2.26. The molecule has 0 aromatic heterocycles. The first-order valence-electron chi connectivity index (χ1n) is 16.3. The minimum atomic E-state index is -0.387. The summed E-state index contributed by atoms with van der Waals surface area (Å²) in [6, 6.07) is 15.5. The second-order valence-corrected chi connectivity index (χ2v) is 12.4. The van der Waals surface area contributed by atoms with Gasteiger partial charge in [0.1, 0.15) is 17.6 Å². The smallest absolute Gasteiger partial charge is 0.306 e. The van der Waals surface area contributed by atoms with Crippen LogP contribution in [0.2, 0.25) is 0 Å². The highest BCUT2D eigenvalue weighted by molar-refractivity contribution is 5.69. The molecule has 42 heavy (non-hydrogen) atoms. The van der Waals surface area contributed by atoms with E-state index in [2.05, 4.69) is 26.8 Å². The Balaban J connectivity index is 1.17. The minimum Gasteiger partial charge on any atom is -0.508 e. The lowest BCUT2D eigenvalue weighted by Crippen LogP contribution is -2.35. The van der Waals surface area contributed by atoms with Crippen LogP contribution < -0.4 is 4.74 Å². The maximum absolute atomic E-state index is 12.2. The van der Waals surface area contributed by atoms with Crippen molar-refractivity contribution in [3.05, 3.63) is 59.7 Å². The summed E-state index contributed by atoms with van der Waals surface area (Å²) in [6.45, 7) is 8.15. The number of carbonyl (C=O) groups is 1. The van der Waals surface area contributed by atoms with E-state index in [4.69, 9.17) is 18.9 Å². The summed E-state index contributed by atoms with van der Waals surface area (Å²) in [4.78, 5) is 12.2. The van der Waals surface area contributed by atoms with Gasteiger partial charge >= 0.3 is 5.97 Å². The first-order valence-corrected chi connectivity index (χ1v) is 16.3. The van der Waals surface area contributed by atoms with E-state index in [1.807, 2.05) is 36.4 Å². The van der Waals surface area contributed by atoms with Crippen molar-refractivity contribution in [2.75, 3.05) is 19.8 Å². The number of benzene rings is 2. The second-order valence-electron chi connectivity index (χ2n) is 12.4. The molecule has 1 saturated heterocycles. The largest absolute Gasteiger partial charge is 0.508 e. The molecule has 0 aliphatic carbocycles. The molecule has 0 saturated carbocycles. The molecule has 2 aromatic rings. The quantitative estimate of drug-likeness (QED) is 0.124. The van der Waals surface area contributed by atoms with Crippen molar-refractivity contribution < 1.29 is 28.8 Å². The zero-order valence-corrected chi connectivity index (χ0v) is 26.3. The van der Waals surface area contributed by atoms with E-state index in [0.29, 0.717) is 26.2 Å². The normalized spacial score (nSPS) is 17.2. The Hall–Kier alpha value is -2.57. The van der Waals surface area contributed by atoms with Crippen molar-refractivity contribution in [3.63, 3.8) is 0 Å². The standard InChI is InChI=1S/C36H54O6/c1-4-5-6-17-22-36(2,3)30-24-31(37)26-32(25-30)39-23-18-12-10-8-7-9-11-16-21-34(38)42-33-27-40-35(41-28-33)29-19-14-13-15-20-29/h13-15,19-20,24-26,33,35,37H,4-12,16-18,21-23,27-28H2,1-3H3. The molecule has 0 spiro atoms. The van der Waals surface area contributed by atoms with Crippen LogP contribution in [0.4, 0.5) is 0 Å². The molecule has 0 radical (unpaired) electrons. The molecule has 0 bridgehead atoms. The molecule has 0 atom stereocenters. The number of phenols is 1. The van der Waals surface area contributed by atoms with Gasteiger partial charge in [-0.25, -0.2) is 0 Å². The first-order chi connectivity index (χ1) is 20.4. The Morgan fingerprint density at radius 1 is 0.857 bits per heavy atom. The van der Waals surface area contributed by atoms with E-state index in [1.54, 1.807) is 6.07 Å². The third-order valence-electron chi connectivity index (χ3n) is 8.11. The predicted molar refractivity (Wildman–Crippen MR) is 168 cm³/mol. The number of unbranched alkanes of at least 4 members (excludes halogenated alkanes) is 10. The predicted octanol–water partition coefficient (Wildman–Crippen LogP) is 9.19. The van der Waals surface area contributed by atoms with Crippen LogP contribution in [0.15, 0.2) is 48.5 Å². The lowest BCUT2D eigenvalue weighted by Gasteiger charge is -2.29. The van der Waals surface area contributed by atoms with Crippen LogP contribution in [-0.2, 0) is 24.4 Å². The van der Waals surface area contributed by atoms with Crippen molar-refractivity contribution >= 4 is 5.97 Å². The fraction of sp³-hybridized carbons (Fsp3) is 0.639. The van der Waals surface area contributed by atoms with E-state index in [9.17, 15) is 9.90 Å². The average molecular weight is 583 g/mol. The molecule has 1 fully saturated rings. The summed E-state index contributed by atoms with van der Waals surface area (Å²) in [6.07, 6.45) is 14.6. The number of carbonyl (C=O) groups excluding carboxylic acids is 1. The highest BCUT2D eigenvalue weighted by atomic mass is 16.7. The van der Waals surface area contributed by atoms with E-state index in [0.717, 1.165) is 55.4 Å². The van der Waals surface area contributed by atoms with Crippen LogP contribution in [0, 0.1) is 0 Å². The Labute approximate surface area is 254 Å². The molecular weight excluding hydrogens is 528 g/mol. The minimum absolute atomic E-state index is 0.0248. The van der Waals surface area contributed by atoms with Gasteiger partial charge in [-0.2, -0.15) is 0 Å². The molecule has 0 unspecified atom stereocenters. The summed E-state index contributed by atoms with van der Waals surface area (Å²) in [5.74, 6) is 0.885. The number of ether oxygens (including phenoxy) is 4. The molecule has 6 nitrogen and oxygen atoms in total. The van der Waals surface area contributed by atoms with Gasteiger partial charge < -0.3 is 24.1 Å². The SMILES string of the molecule is CCCCCCC(C)(C)c1cc(O)cc(OCCCCCCCCCCC(=O)OC2COC(c3ccccc3)OC2)c1. The molecule has 2 aromatic carbocycles. The molecule has 234 valence electrons. The third-order valence-corrected chi connectivity index (χ3v) is 8.11. The highest BCUT2D eigenvalue weighted by Crippen LogP contribution is 2.34. The Morgan fingerprint density at radius 3 is 2.19 bits per heavy atom. The molecule has 1 aliphatic rings. The number of hydrogen-bond acceptors (Lipinski definition) is 6.